The summed E-state index contributed by atoms with van der Waals surface area (Å²) < 4.78 is 4.26. The van der Waals surface area contributed by atoms with Crippen LogP contribution in [0.5, 0.6) is 0 Å². The minimum Gasteiger partial charge on any atom is -0.391 e. The van der Waals surface area contributed by atoms with Crippen LogP contribution in [0.25, 0.3) is 0 Å². The third kappa shape index (κ3) is 8.94. The van der Waals surface area contributed by atoms with Crippen LogP contribution in [0.3, 0.4) is 0 Å². The lowest BCUT2D eigenvalue weighted by Gasteiger charge is -2.04. The zero-order valence-electron chi connectivity index (χ0n) is 20.9. The first kappa shape index (κ1) is 28.8. The average molecular weight is 604 g/mol. The van der Waals surface area contributed by atoms with Gasteiger partial charge >= 0.3 is 0 Å². The Morgan fingerprint density at radius 3 is 1.28 bits per heavy atom. The Bertz CT molecular complexity index is 1280. The molecule has 0 radical (unpaired) electrons. The number of aryl methyl sites for hydroxylation is 2. The molecule has 0 aliphatic heterocycles. The van der Waals surface area contributed by atoms with E-state index in [0.29, 0.717) is 31.2 Å². The smallest absolute Gasteiger partial charge is 0.169 e. The van der Waals surface area contributed by atoms with Gasteiger partial charge in [-0.25, -0.2) is 9.13 Å². The molecule has 2 aromatic heterocycles. The van der Waals surface area contributed by atoms with E-state index in [4.69, 9.17) is 56.1 Å². The Morgan fingerprint density at radius 2 is 0.923 bits per heavy atom. The summed E-state index contributed by atoms with van der Waals surface area (Å²) >= 11 is 24.6. The molecule has 0 bridgehead atoms. The van der Waals surface area contributed by atoms with Crippen molar-refractivity contribution >= 4 is 58.8 Å². The Morgan fingerprint density at radius 1 is 0.564 bits per heavy atom. The molecule has 0 aliphatic carbocycles. The van der Waals surface area contributed by atoms with Crippen molar-refractivity contribution in [3.8, 4) is 0 Å². The number of hydrogen-bond acceptors (Lipinski definition) is 4. The minimum absolute atomic E-state index is 0.208. The van der Waals surface area contributed by atoms with E-state index in [1.807, 2.05) is 49.1 Å². The first-order valence-electron chi connectivity index (χ1n) is 12.1. The maximum atomic E-state index is 6.14. The normalized spacial score (nSPS) is 11.4. The molecule has 0 aliphatic rings. The molecule has 0 atom stereocenters. The van der Waals surface area contributed by atoms with Crippen molar-refractivity contribution in [3.05, 3.63) is 128 Å². The van der Waals surface area contributed by atoms with Crippen LogP contribution in [0, 0.1) is 0 Å². The molecule has 200 valence electrons. The van der Waals surface area contributed by atoms with Crippen molar-refractivity contribution in [2.75, 3.05) is 0 Å². The van der Waals surface area contributed by atoms with Gasteiger partial charge in [0.2, 0.25) is 0 Å². The predicted molar refractivity (Wildman–Crippen MR) is 156 cm³/mol. The Labute approximate surface area is 247 Å². The molecular weight excluding hydrogens is 578 g/mol. The molecule has 4 aromatic rings. The molecule has 10 heteroatoms. The van der Waals surface area contributed by atoms with Gasteiger partial charge in [-0.05, 0) is 24.3 Å². The molecule has 0 saturated carbocycles. The summed E-state index contributed by atoms with van der Waals surface area (Å²) in [4.78, 5) is 10.7. The van der Waals surface area contributed by atoms with E-state index < -0.39 is 0 Å². The first-order valence-corrected chi connectivity index (χ1v) is 13.7. The quantitative estimate of drug-likeness (QED) is 0.0988. The van der Waals surface area contributed by atoms with E-state index in [1.54, 1.807) is 48.8 Å². The SMILES string of the molecule is Clc1cccc(Cl)c1CO/N=C/c1cc[n+](CCC[n+]2ccc(/C=N/OCc3c(Cl)cccc3Cl)cc2)cc1. The van der Waals surface area contributed by atoms with Crippen molar-refractivity contribution in [2.45, 2.75) is 32.7 Å². The molecule has 0 spiro atoms. The summed E-state index contributed by atoms with van der Waals surface area (Å²) in [5.41, 5.74) is 3.30. The Kier molecular flexibility index (Phi) is 11.0. The van der Waals surface area contributed by atoms with Gasteiger partial charge in [-0.2, -0.15) is 0 Å². The average Bonchev–Trinajstić information content (AvgIpc) is 2.93. The van der Waals surface area contributed by atoms with E-state index in [-0.39, 0.29) is 13.2 Å². The number of pyridine rings is 2. The number of aromatic nitrogens is 2. The van der Waals surface area contributed by atoms with Gasteiger partial charge in [0.05, 0.1) is 18.9 Å². The second-order valence-electron chi connectivity index (χ2n) is 8.51. The van der Waals surface area contributed by atoms with Crippen molar-refractivity contribution in [1.82, 2.24) is 0 Å². The van der Waals surface area contributed by atoms with Gasteiger partial charge in [-0.15, -0.1) is 0 Å². The highest BCUT2D eigenvalue weighted by molar-refractivity contribution is 6.36. The lowest BCUT2D eigenvalue weighted by molar-refractivity contribution is -0.726. The van der Waals surface area contributed by atoms with Crippen LogP contribution < -0.4 is 9.13 Å². The molecule has 0 unspecified atom stereocenters. The number of oxime groups is 2. The summed E-state index contributed by atoms with van der Waals surface area (Å²) in [6, 6.07) is 18.6. The monoisotopic (exact) mass is 602 g/mol. The van der Waals surface area contributed by atoms with Crippen LogP contribution in [0.1, 0.15) is 28.7 Å². The zero-order chi connectivity index (χ0) is 27.5. The van der Waals surface area contributed by atoms with Crippen LogP contribution in [-0.4, -0.2) is 12.4 Å². The van der Waals surface area contributed by atoms with Gasteiger partial charge in [0.25, 0.3) is 0 Å². The lowest BCUT2D eigenvalue weighted by atomic mass is 10.2. The highest BCUT2D eigenvalue weighted by Gasteiger charge is 2.07. The molecule has 0 amide bonds. The highest BCUT2D eigenvalue weighted by Crippen LogP contribution is 2.25. The molecule has 0 N–H and O–H groups in total. The van der Waals surface area contributed by atoms with Gasteiger partial charge < -0.3 is 9.68 Å². The molecule has 4 rings (SSSR count). The third-order valence-electron chi connectivity index (χ3n) is 5.76. The van der Waals surface area contributed by atoms with Gasteiger partial charge in [-0.1, -0.05) is 68.8 Å². The molecular formula is C29H26Cl4N4O2+2. The van der Waals surface area contributed by atoms with Gasteiger partial charge in [0, 0.05) is 66.6 Å². The van der Waals surface area contributed by atoms with Crippen molar-refractivity contribution in [1.29, 1.82) is 0 Å². The minimum atomic E-state index is 0.208. The number of benzene rings is 2. The maximum absolute atomic E-state index is 6.14. The fourth-order valence-corrected chi connectivity index (χ4v) is 4.60. The van der Waals surface area contributed by atoms with E-state index in [2.05, 4.69) is 19.4 Å². The van der Waals surface area contributed by atoms with E-state index >= 15 is 0 Å². The first-order chi connectivity index (χ1) is 19.0. The van der Waals surface area contributed by atoms with Crippen LogP contribution >= 0.6 is 46.4 Å². The van der Waals surface area contributed by atoms with Gasteiger partial charge in [0.1, 0.15) is 13.2 Å². The number of hydrogen-bond donors (Lipinski definition) is 0. The summed E-state index contributed by atoms with van der Waals surface area (Å²) in [7, 11) is 0. The third-order valence-corrected chi connectivity index (χ3v) is 7.18. The molecule has 2 aromatic carbocycles. The van der Waals surface area contributed by atoms with Crippen LogP contribution in [0.4, 0.5) is 0 Å². The van der Waals surface area contributed by atoms with Crippen molar-refractivity contribution < 1.29 is 18.8 Å². The second-order valence-corrected chi connectivity index (χ2v) is 10.1. The molecule has 6 nitrogen and oxygen atoms in total. The molecule has 0 fully saturated rings. The van der Waals surface area contributed by atoms with Gasteiger partial charge in [0.15, 0.2) is 37.9 Å². The van der Waals surface area contributed by atoms with E-state index in [0.717, 1.165) is 30.6 Å². The van der Waals surface area contributed by atoms with Crippen LogP contribution in [-0.2, 0) is 36.0 Å². The van der Waals surface area contributed by atoms with Gasteiger partial charge in [-0.3, -0.25) is 0 Å². The zero-order valence-corrected chi connectivity index (χ0v) is 23.9. The largest absolute Gasteiger partial charge is 0.391 e. The number of nitrogens with zero attached hydrogens (tertiary/aromatic N) is 4. The van der Waals surface area contributed by atoms with Crippen LogP contribution in [0.15, 0.2) is 95.8 Å². The highest BCUT2D eigenvalue weighted by atomic mass is 35.5. The second kappa shape index (κ2) is 14.8. The van der Waals surface area contributed by atoms with Crippen molar-refractivity contribution in [3.63, 3.8) is 0 Å². The van der Waals surface area contributed by atoms with Crippen molar-refractivity contribution in [2.24, 2.45) is 10.3 Å². The topological polar surface area (TPSA) is 50.9 Å². The molecule has 0 saturated heterocycles. The molecule has 39 heavy (non-hydrogen) atoms. The van der Waals surface area contributed by atoms with E-state index in [9.17, 15) is 0 Å². The predicted octanol–water partition coefficient (Wildman–Crippen LogP) is 7.07. The summed E-state index contributed by atoms with van der Waals surface area (Å²) in [5.74, 6) is 0. The fraction of sp³-hybridized carbons (Fsp3) is 0.172. The Hall–Kier alpha value is -3.16. The fourth-order valence-electron chi connectivity index (χ4n) is 3.58. The molecule has 2 heterocycles. The number of rotatable bonds is 12. The summed E-state index contributed by atoms with van der Waals surface area (Å²) in [6.07, 6.45) is 12.4. The summed E-state index contributed by atoms with van der Waals surface area (Å²) in [5, 5.41) is 10.3. The number of halogens is 4. The maximum Gasteiger partial charge on any atom is 0.169 e. The summed E-state index contributed by atoms with van der Waals surface area (Å²) in [6.45, 7) is 2.18. The van der Waals surface area contributed by atoms with Crippen LogP contribution in [0.2, 0.25) is 20.1 Å². The lowest BCUT2D eigenvalue weighted by Crippen LogP contribution is -2.38. The Balaban J connectivity index is 1.17. The van der Waals surface area contributed by atoms with E-state index in [1.165, 1.54) is 0 Å². The standard InChI is InChI=1S/C29H26Cl4N4O2/c30-26-4-1-5-27(31)24(26)20-38-34-18-22-8-14-36(15-9-22)12-3-13-37-16-10-23(11-17-37)19-35-39-21-25-28(32)6-2-7-29(25)33/h1-2,4-11,14-19H,3,12-13,20-21H2/q+2/b34-18+,35-19+.